The quantitative estimate of drug-likeness (QED) is 0.809. The number of carbonyl (C=O) groups excluding carboxylic acids is 1. The predicted molar refractivity (Wildman–Crippen MR) is 94.0 cm³/mol. The molecule has 26 heavy (non-hydrogen) atoms. The van der Waals surface area contributed by atoms with E-state index in [0.717, 1.165) is 0 Å². The highest BCUT2D eigenvalue weighted by atomic mass is 16.5. The highest BCUT2D eigenvalue weighted by Crippen LogP contribution is 2.40. The van der Waals surface area contributed by atoms with Gasteiger partial charge in [0.1, 0.15) is 11.7 Å². The van der Waals surface area contributed by atoms with Gasteiger partial charge in [-0.3, -0.25) is 9.59 Å². The molecular formula is C20H17NO5. The van der Waals surface area contributed by atoms with Crippen molar-refractivity contribution in [1.82, 2.24) is 0 Å². The second kappa shape index (κ2) is 6.65. The van der Waals surface area contributed by atoms with Gasteiger partial charge in [0.05, 0.1) is 23.8 Å². The van der Waals surface area contributed by atoms with Crippen LogP contribution in [0.3, 0.4) is 0 Å². The van der Waals surface area contributed by atoms with E-state index in [0.29, 0.717) is 17.2 Å². The van der Waals surface area contributed by atoms with Crippen LogP contribution >= 0.6 is 0 Å². The van der Waals surface area contributed by atoms with E-state index in [-0.39, 0.29) is 0 Å². The zero-order valence-corrected chi connectivity index (χ0v) is 13.7. The van der Waals surface area contributed by atoms with Crippen molar-refractivity contribution in [2.75, 3.05) is 5.32 Å². The minimum Gasteiger partial charge on any atom is -0.481 e. The maximum atomic E-state index is 12.8. The lowest BCUT2D eigenvalue weighted by molar-refractivity contribution is -0.145. The number of benzene rings is 2. The van der Waals surface area contributed by atoms with Gasteiger partial charge in [-0.25, -0.2) is 0 Å². The minimum atomic E-state index is -1.03. The molecule has 0 spiro atoms. The van der Waals surface area contributed by atoms with Crippen molar-refractivity contribution in [3.63, 3.8) is 0 Å². The molecule has 2 heterocycles. The van der Waals surface area contributed by atoms with Crippen LogP contribution in [-0.2, 0) is 14.3 Å². The smallest absolute Gasteiger partial charge is 0.310 e. The lowest BCUT2D eigenvalue weighted by atomic mass is 9.82. The van der Waals surface area contributed by atoms with Gasteiger partial charge in [-0.2, -0.15) is 0 Å². The largest absolute Gasteiger partial charge is 0.481 e. The van der Waals surface area contributed by atoms with Gasteiger partial charge in [0.2, 0.25) is 5.91 Å². The van der Waals surface area contributed by atoms with Crippen LogP contribution in [-0.4, -0.2) is 29.2 Å². The fraction of sp³-hybridized carbons (Fsp3) is 0.200. The maximum Gasteiger partial charge on any atom is 0.310 e. The molecule has 2 aliphatic rings. The summed E-state index contributed by atoms with van der Waals surface area (Å²) in [6.07, 6.45) is 2.40. The van der Waals surface area contributed by atoms with E-state index in [1.807, 2.05) is 30.3 Å². The number of hydrogen-bond acceptors (Lipinski definition) is 4. The van der Waals surface area contributed by atoms with Crippen LogP contribution in [0, 0.1) is 11.8 Å². The lowest BCUT2D eigenvalue weighted by Gasteiger charge is -2.21. The van der Waals surface area contributed by atoms with Gasteiger partial charge >= 0.3 is 5.97 Å². The summed E-state index contributed by atoms with van der Waals surface area (Å²) in [5, 5.41) is 12.3. The molecule has 1 amide bonds. The summed E-state index contributed by atoms with van der Waals surface area (Å²) < 4.78 is 11.4. The van der Waals surface area contributed by atoms with Gasteiger partial charge in [0.25, 0.3) is 0 Å². The molecule has 2 bridgehead atoms. The zero-order chi connectivity index (χ0) is 18.1. The van der Waals surface area contributed by atoms with Crippen LogP contribution < -0.4 is 10.1 Å². The highest BCUT2D eigenvalue weighted by molar-refractivity contribution is 5.97. The molecule has 6 heteroatoms. The number of carbonyl (C=O) groups is 2. The summed E-state index contributed by atoms with van der Waals surface area (Å²) in [5.41, 5.74) is 0.484. The second-order valence-electron chi connectivity index (χ2n) is 6.24. The Morgan fingerprint density at radius 1 is 0.923 bits per heavy atom. The molecule has 4 atom stereocenters. The first-order valence-electron chi connectivity index (χ1n) is 8.33. The van der Waals surface area contributed by atoms with Gasteiger partial charge in [-0.15, -0.1) is 0 Å². The SMILES string of the molecule is O=C(O)[C@@H]1[C@H](C(=O)Nc2ccccc2Oc2ccccc2)[C@H]2C=C[C@H]1O2. The molecule has 0 aromatic heterocycles. The Balaban J connectivity index is 1.55. The molecule has 0 saturated carbocycles. The number of ether oxygens (including phenoxy) is 2. The Morgan fingerprint density at radius 3 is 2.31 bits per heavy atom. The van der Waals surface area contributed by atoms with Crippen molar-refractivity contribution in [2.45, 2.75) is 12.2 Å². The molecule has 2 aromatic rings. The van der Waals surface area contributed by atoms with Crippen molar-refractivity contribution >= 4 is 17.6 Å². The zero-order valence-electron chi connectivity index (χ0n) is 13.7. The number of rotatable bonds is 5. The third-order valence-corrected chi connectivity index (χ3v) is 4.60. The van der Waals surface area contributed by atoms with Crippen LogP contribution in [0.4, 0.5) is 5.69 Å². The molecule has 2 aliphatic heterocycles. The van der Waals surface area contributed by atoms with E-state index in [4.69, 9.17) is 9.47 Å². The molecule has 2 aromatic carbocycles. The fourth-order valence-electron chi connectivity index (χ4n) is 3.41. The molecule has 4 rings (SSSR count). The Hall–Kier alpha value is -3.12. The van der Waals surface area contributed by atoms with E-state index < -0.39 is 35.9 Å². The van der Waals surface area contributed by atoms with Crippen molar-refractivity contribution in [3.05, 3.63) is 66.7 Å². The average Bonchev–Trinajstić information content (AvgIpc) is 3.25. The number of hydrogen-bond donors (Lipinski definition) is 2. The van der Waals surface area contributed by atoms with E-state index in [9.17, 15) is 14.7 Å². The fourth-order valence-corrected chi connectivity index (χ4v) is 3.41. The lowest BCUT2D eigenvalue weighted by Crippen LogP contribution is -2.39. The van der Waals surface area contributed by atoms with Crippen molar-refractivity contribution in [2.24, 2.45) is 11.8 Å². The Bertz CT molecular complexity index is 864. The Kier molecular flexibility index (Phi) is 4.18. The number of aliphatic carboxylic acids is 1. The first-order valence-corrected chi connectivity index (χ1v) is 8.33. The van der Waals surface area contributed by atoms with Crippen LogP contribution in [0.1, 0.15) is 0 Å². The molecular weight excluding hydrogens is 334 g/mol. The molecule has 1 fully saturated rings. The minimum absolute atomic E-state index is 0.390. The average molecular weight is 351 g/mol. The molecule has 132 valence electrons. The highest BCUT2D eigenvalue weighted by Gasteiger charge is 2.53. The summed E-state index contributed by atoms with van der Waals surface area (Å²) >= 11 is 0. The summed E-state index contributed by atoms with van der Waals surface area (Å²) in [7, 11) is 0. The number of anilines is 1. The molecule has 6 nitrogen and oxygen atoms in total. The number of nitrogens with one attached hydrogen (secondary N) is 1. The number of carboxylic acids is 1. The van der Waals surface area contributed by atoms with Gasteiger partial charge in [-0.1, -0.05) is 42.5 Å². The number of para-hydroxylation sites is 3. The van der Waals surface area contributed by atoms with Crippen LogP contribution in [0.5, 0.6) is 11.5 Å². The third kappa shape index (κ3) is 2.95. The second-order valence-corrected chi connectivity index (χ2v) is 6.24. The molecule has 2 N–H and O–H groups in total. The Morgan fingerprint density at radius 2 is 1.58 bits per heavy atom. The topological polar surface area (TPSA) is 84.9 Å². The van der Waals surface area contributed by atoms with Gasteiger partial charge in [-0.05, 0) is 24.3 Å². The summed E-state index contributed by atoms with van der Waals surface area (Å²) in [6.45, 7) is 0. The standard InChI is InChI=1S/C20H17NO5/c22-19(17-15-10-11-16(26-15)18(17)20(23)24)21-13-8-4-5-9-14(13)25-12-6-2-1-3-7-12/h1-11,15-18H,(H,21,22)(H,23,24)/t15-,16-,17-,18+/m1/s1. The monoisotopic (exact) mass is 351 g/mol. The van der Waals surface area contributed by atoms with Gasteiger partial charge in [0.15, 0.2) is 5.75 Å². The summed E-state index contributed by atoms with van der Waals surface area (Å²) in [4.78, 5) is 24.3. The van der Waals surface area contributed by atoms with E-state index in [2.05, 4.69) is 5.32 Å². The molecule has 0 unspecified atom stereocenters. The first kappa shape index (κ1) is 16.4. The number of fused-ring (bicyclic) bond motifs is 2. The Labute approximate surface area is 150 Å². The first-order chi connectivity index (χ1) is 12.6. The van der Waals surface area contributed by atoms with E-state index in [1.165, 1.54) is 0 Å². The normalized spacial score (nSPS) is 25.8. The van der Waals surface area contributed by atoms with Crippen molar-refractivity contribution in [1.29, 1.82) is 0 Å². The van der Waals surface area contributed by atoms with Gasteiger partial charge in [0, 0.05) is 0 Å². The van der Waals surface area contributed by atoms with Crippen LogP contribution in [0.15, 0.2) is 66.7 Å². The van der Waals surface area contributed by atoms with Crippen LogP contribution in [0.2, 0.25) is 0 Å². The summed E-state index contributed by atoms with van der Waals surface area (Å²) in [6, 6.07) is 16.3. The van der Waals surface area contributed by atoms with Crippen LogP contribution in [0.25, 0.3) is 0 Å². The number of carboxylic acid groups (broad SMARTS) is 1. The molecule has 1 saturated heterocycles. The molecule has 0 radical (unpaired) electrons. The summed E-state index contributed by atoms with van der Waals surface area (Å²) in [5.74, 6) is -1.95. The third-order valence-electron chi connectivity index (χ3n) is 4.60. The molecule has 0 aliphatic carbocycles. The van der Waals surface area contributed by atoms with E-state index >= 15 is 0 Å². The maximum absolute atomic E-state index is 12.8. The predicted octanol–water partition coefficient (Wildman–Crippen LogP) is 3.07. The van der Waals surface area contributed by atoms with Crippen molar-refractivity contribution < 1.29 is 24.2 Å². The van der Waals surface area contributed by atoms with E-state index in [1.54, 1.807) is 36.4 Å². The van der Waals surface area contributed by atoms with Gasteiger partial charge < -0.3 is 19.9 Å². The van der Waals surface area contributed by atoms with Crippen molar-refractivity contribution in [3.8, 4) is 11.5 Å². The number of amides is 1.